The monoisotopic (exact) mass is 448 g/mol. The maximum absolute atomic E-state index is 12.6. The van der Waals surface area contributed by atoms with Crippen molar-refractivity contribution in [1.82, 2.24) is 19.6 Å². The average Bonchev–Trinajstić information content (AvgIpc) is 3.24. The Labute approximate surface area is 191 Å². The molecule has 1 unspecified atom stereocenters. The molecule has 0 aliphatic heterocycles. The second kappa shape index (κ2) is 9.36. The minimum atomic E-state index is -0.0862. The first-order valence-corrected chi connectivity index (χ1v) is 10.9. The molecule has 164 valence electrons. The molecule has 0 spiro atoms. The van der Waals surface area contributed by atoms with Gasteiger partial charge in [-0.15, -0.1) is 0 Å². The van der Waals surface area contributed by atoms with Crippen molar-refractivity contribution in [3.05, 3.63) is 82.4 Å². The van der Waals surface area contributed by atoms with E-state index in [0.29, 0.717) is 29.3 Å². The maximum Gasteiger partial charge on any atom is 0.252 e. The highest BCUT2D eigenvalue weighted by Crippen LogP contribution is 2.29. The van der Waals surface area contributed by atoms with Crippen molar-refractivity contribution in [2.75, 3.05) is 10.6 Å². The van der Waals surface area contributed by atoms with Crippen LogP contribution in [0.1, 0.15) is 41.9 Å². The largest absolute Gasteiger partial charge is 0.377 e. The van der Waals surface area contributed by atoms with Gasteiger partial charge in [0.2, 0.25) is 5.91 Å². The van der Waals surface area contributed by atoms with Crippen LogP contribution in [-0.2, 0) is 11.2 Å². The number of rotatable bonds is 7. The Morgan fingerprint density at radius 1 is 1.16 bits per heavy atom. The van der Waals surface area contributed by atoms with Crippen LogP contribution in [-0.4, -0.2) is 25.5 Å². The number of hydrogen-bond donors (Lipinski definition) is 2. The summed E-state index contributed by atoms with van der Waals surface area (Å²) >= 11 is 6.47. The fraction of sp³-hybridized carbons (Fsp3) is 0.250. The minimum absolute atomic E-state index is 0.0862. The Morgan fingerprint density at radius 3 is 2.69 bits per heavy atom. The van der Waals surface area contributed by atoms with Crippen molar-refractivity contribution >= 4 is 34.7 Å². The van der Waals surface area contributed by atoms with Crippen LogP contribution < -0.4 is 10.6 Å². The highest BCUT2D eigenvalue weighted by molar-refractivity contribution is 6.33. The molecular weight excluding hydrogens is 424 g/mol. The van der Waals surface area contributed by atoms with E-state index in [1.807, 2.05) is 44.2 Å². The van der Waals surface area contributed by atoms with Crippen molar-refractivity contribution < 1.29 is 4.79 Å². The lowest BCUT2D eigenvalue weighted by atomic mass is 10.1. The van der Waals surface area contributed by atoms with Gasteiger partial charge in [0.15, 0.2) is 0 Å². The smallest absolute Gasteiger partial charge is 0.252 e. The fourth-order valence-electron chi connectivity index (χ4n) is 3.75. The SMILES string of the molecule is Cc1nc2ncnn2c(C)c1CCC(=O)Nc1ccc(NC(C)c2ccccc2)c(Cl)c1. The molecule has 4 rings (SSSR count). The normalized spacial score (nSPS) is 12.0. The zero-order valence-electron chi connectivity index (χ0n) is 18.3. The highest BCUT2D eigenvalue weighted by atomic mass is 35.5. The van der Waals surface area contributed by atoms with Gasteiger partial charge in [0.1, 0.15) is 6.33 Å². The van der Waals surface area contributed by atoms with Gasteiger partial charge >= 0.3 is 0 Å². The van der Waals surface area contributed by atoms with Gasteiger partial charge in [-0.25, -0.2) is 9.50 Å². The zero-order chi connectivity index (χ0) is 22.7. The van der Waals surface area contributed by atoms with E-state index >= 15 is 0 Å². The molecule has 0 saturated heterocycles. The Balaban J connectivity index is 1.38. The molecule has 0 aliphatic rings. The third kappa shape index (κ3) is 4.73. The van der Waals surface area contributed by atoms with Crippen LogP contribution in [0.3, 0.4) is 0 Å². The molecule has 0 aliphatic carbocycles. The van der Waals surface area contributed by atoms with Crippen LogP contribution in [0.4, 0.5) is 11.4 Å². The Kier molecular flexibility index (Phi) is 6.37. The number of carbonyl (C=O) groups excluding carboxylic acids is 1. The average molecular weight is 449 g/mol. The molecule has 7 nitrogen and oxygen atoms in total. The Bertz CT molecular complexity index is 1250. The van der Waals surface area contributed by atoms with E-state index in [0.717, 1.165) is 22.6 Å². The summed E-state index contributed by atoms with van der Waals surface area (Å²) in [4.78, 5) is 21.1. The van der Waals surface area contributed by atoms with Crippen LogP contribution in [0.2, 0.25) is 5.02 Å². The molecule has 0 radical (unpaired) electrons. The molecule has 32 heavy (non-hydrogen) atoms. The third-order valence-electron chi connectivity index (χ3n) is 5.52. The number of nitrogens with zero attached hydrogens (tertiary/aromatic N) is 4. The summed E-state index contributed by atoms with van der Waals surface area (Å²) in [5.41, 5.74) is 5.47. The van der Waals surface area contributed by atoms with Crippen molar-refractivity contribution in [3.8, 4) is 0 Å². The van der Waals surface area contributed by atoms with E-state index in [9.17, 15) is 4.79 Å². The van der Waals surface area contributed by atoms with Crippen LogP contribution in [0.15, 0.2) is 54.9 Å². The molecule has 2 N–H and O–H groups in total. The van der Waals surface area contributed by atoms with Crippen LogP contribution in [0.25, 0.3) is 5.78 Å². The summed E-state index contributed by atoms with van der Waals surface area (Å²) in [5.74, 6) is 0.482. The predicted molar refractivity (Wildman–Crippen MR) is 127 cm³/mol. The van der Waals surface area contributed by atoms with Gasteiger partial charge in [-0.05, 0) is 56.5 Å². The quantitative estimate of drug-likeness (QED) is 0.409. The molecule has 0 bridgehead atoms. The molecule has 1 atom stereocenters. The van der Waals surface area contributed by atoms with E-state index in [1.165, 1.54) is 11.9 Å². The highest BCUT2D eigenvalue weighted by Gasteiger charge is 2.13. The number of anilines is 2. The van der Waals surface area contributed by atoms with Gasteiger partial charge in [0.05, 0.1) is 10.7 Å². The van der Waals surface area contributed by atoms with Crippen LogP contribution >= 0.6 is 11.6 Å². The number of aromatic nitrogens is 4. The topological polar surface area (TPSA) is 84.2 Å². The van der Waals surface area contributed by atoms with Crippen molar-refractivity contribution in [2.24, 2.45) is 0 Å². The third-order valence-corrected chi connectivity index (χ3v) is 5.83. The summed E-state index contributed by atoms with van der Waals surface area (Å²) in [6, 6.07) is 15.8. The molecule has 8 heteroatoms. The number of hydrogen-bond acceptors (Lipinski definition) is 5. The maximum atomic E-state index is 12.6. The summed E-state index contributed by atoms with van der Waals surface area (Å²) < 4.78 is 1.70. The van der Waals surface area contributed by atoms with Gasteiger partial charge in [-0.1, -0.05) is 41.9 Å². The number of halogens is 1. The first kappa shape index (κ1) is 21.8. The molecule has 0 saturated carbocycles. The van der Waals surface area contributed by atoms with Crippen molar-refractivity contribution in [1.29, 1.82) is 0 Å². The van der Waals surface area contributed by atoms with Gasteiger partial charge in [0, 0.05) is 29.5 Å². The number of carbonyl (C=O) groups is 1. The predicted octanol–water partition coefficient (Wildman–Crippen LogP) is 5.14. The fourth-order valence-corrected chi connectivity index (χ4v) is 3.98. The first-order chi connectivity index (χ1) is 15.4. The second-order valence-corrected chi connectivity index (χ2v) is 8.16. The molecule has 1 amide bonds. The van der Waals surface area contributed by atoms with Gasteiger partial charge in [0.25, 0.3) is 5.78 Å². The van der Waals surface area contributed by atoms with Gasteiger partial charge < -0.3 is 10.6 Å². The molecule has 0 fully saturated rings. The Morgan fingerprint density at radius 2 is 1.94 bits per heavy atom. The van der Waals surface area contributed by atoms with E-state index in [2.05, 4.69) is 44.8 Å². The van der Waals surface area contributed by atoms with Gasteiger partial charge in [-0.3, -0.25) is 4.79 Å². The number of aryl methyl sites for hydroxylation is 2. The van der Waals surface area contributed by atoms with Crippen molar-refractivity contribution in [3.63, 3.8) is 0 Å². The lowest BCUT2D eigenvalue weighted by molar-refractivity contribution is -0.116. The number of amides is 1. The lowest BCUT2D eigenvalue weighted by Crippen LogP contribution is -2.14. The molecule has 2 aromatic carbocycles. The molecule has 4 aromatic rings. The van der Waals surface area contributed by atoms with Crippen molar-refractivity contribution in [2.45, 2.75) is 39.7 Å². The summed E-state index contributed by atoms with van der Waals surface area (Å²) in [6.07, 6.45) is 2.37. The second-order valence-electron chi connectivity index (χ2n) is 7.75. The van der Waals surface area contributed by atoms with E-state index < -0.39 is 0 Å². The van der Waals surface area contributed by atoms with E-state index in [-0.39, 0.29) is 11.9 Å². The van der Waals surface area contributed by atoms with E-state index in [4.69, 9.17) is 11.6 Å². The summed E-state index contributed by atoms with van der Waals surface area (Å²) in [5, 5.41) is 11.1. The van der Waals surface area contributed by atoms with E-state index in [1.54, 1.807) is 10.6 Å². The molecule has 2 heterocycles. The molecule has 2 aromatic heterocycles. The van der Waals surface area contributed by atoms with Crippen LogP contribution in [0.5, 0.6) is 0 Å². The minimum Gasteiger partial charge on any atom is -0.377 e. The summed E-state index contributed by atoms with van der Waals surface area (Å²) in [6.45, 7) is 5.97. The number of nitrogens with one attached hydrogen (secondary N) is 2. The zero-order valence-corrected chi connectivity index (χ0v) is 19.0. The van der Waals surface area contributed by atoms with Gasteiger partial charge in [-0.2, -0.15) is 10.1 Å². The standard InChI is InChI=1S/C24H25ClN6O/c1-15(18-7-5-4-6-8-18)28-22-11-9-19(13-21(22)25)30-23(32)12-10-20-16(2)29-24-26-14-27-31(24)17(20)3/h4-9,11,13-15,28H,10,12H2,1-3H3,(H,30,32). The number of benzene rings is 2. The Hall–Kier alpha value is -3.45. The van der Waals surface area contributed by atoms with Crippen LogP contribution in [0, 0.1) is 13.8 Å². The summed E-state index contributed by atoms with van der Waals surface area (Å²) in [7, 11) is 0. The lowest BCUT2D eigenvalue weighted by Gasteiger charge is -2.17. The first-order valence-electron chi connectivity index (χ1n) is 10.5. The number of fused-ring (bicyclic) bond motifs is 1. The molecular formula is C24H25ClN6O.